The summed E-state index contributed by atoms with van der Waals surface area (Å²) in [5, 5.41) is 3.09. The fraction of sp³-hybridized carbons (Fsp3) is 0.533. The van der Waals surface area contributed by atoms with E-state index in [0.717, 1.165) is 41.5 Å². The van der Waals surface area contributed by atoms with Gasteiger partial charge in [-0.1, -0.05) is 15.9 Å². The van der Waals surface area contributed by atoms with Crippen LogP contribution in [0.4, 0.5) is 0 Å². The highest BCUT2D eigenvalue weighted by Gasteiger charge is 2.20. The second-order valence-corrected chi connectivity index (χ2v) is 6.23. The van der Waals surface area contributed by atoms with Crippen molar-refractivity contribution >= 4 is 21.8 Å². The monoisotopic (exact) mass is 340 g/mol. The van der Waals surface area contributed by atoms with E-state index in [1.54, 1.807) is 7.11 Å². The molecule has 0 aliphatic heterocycles. The molecule has 1 saturated carbocycles. The van der Waals surface area contributed by atoms with Crippen molar-refractivity contribution in [3.8, 4) is 5.75 Å². The number of carbonyl (C=O) groups excluding carboxylic acids is 1. The van der Waals surface area contributed by atoms with E-state index < -0.39 is 0 Å². The average molecular weight is 341 g/mol. The number of nitrogens with one attached hydrogen (secondary N) is 1. The van der Waals surface area contributed by atoms with Crippen molar-refractivity contribution in [3.63, 3.8) is 0 Å². The van der Waals surface area contributed by atoms with Gasteiger partial charge >= 0.3 is 0 Å². The van der Waals surface area contributed by atoms with Crippen LogP contribution in [0.5, 0.6) is 5.75 Å². The molecule has 1 aliphatic carbocycles. The molecule has 1 fully saturated rings. The van der Waals surface area contributed by atoms with E-state index in [0.29, 0.717) is 12.5 Å². The lowest BCUT2D eigenvalue weighted by atomic mass is 9.91. The lowest BCUT2D eigenvalue weighted by molar-refractivity contribution is -0.121. The second kappa shape index (κ2) is 7.09. The molecule has 0 atom stereocenters. The van der Waals surface area contributed by atoms with Crippen LogP contribution >= 0.6 is 15.9 Å². The van der Waals surface area contributed by atoms with Gasteiger partial charge in [0.05, 0.1) is 13.5 Å². The number of ether oxygens (including phenoxy) is 1. The lowest BCUT2D eigenvalue weighted by Gasteiger charge is -2.26. The Morgan fingerprint density at radius 1 is 1.40 bits per heavy atom. The van der Waals surface area contributed by atoms with Crippen LogP contribution in [0.1, 0.15) is 31.2 Å². The molecule has 1 aliphatic rings. The normalized spacial score (nSPS) is 22.4. The largest absolute Gasteiger partial charge is 0.496 e. The molecule has 0 radical (unpaired) electrons. The SMILES string of the molecule is COc1ccc(Br)cc1CC(=O)NC1CCC(N)CC1. The van der Waals surface area contributed by atoms with Gasteiger partial charge in [0.2, 0.25) is 5.91 Å². The van der Waals surface area contributed by atoms with Crippen LogP contribution in [-0.4, -0.2) is 25.1 Å². The quantitative estimate of drug-likeness (QED) is 0.884. The maximum atomic E-state index is 12.1. The lowest BCUT2D eigenvalue weighted by Crippen LogP contribution is -2.41. The van der Waals surface area contributed by atoms with Gasteiger partial charge < -0.3 is 15.8 Å². The molecule has 1 amide bonds. The molecule has 1 aromatic rings. The number of carbonyl (C=O) groups is 1. The number of hydrogen-bond acceptors (Lipinski definition) is 3. The van der Waals surface area contributed by atoms with Gasteiger partial charge in [-0.15, -0.1) is 0 Å². The van der Waals surface area contributed by atoms with Gasteiger partial charge in [0, 0.05) is 22.1 Å². The molecular weight excluding hydrogens is 320 g/mol. The van der Waals surface area contributed by atoms with Gasteiger partial charge in [0.1, 0.15) is 5.75 Å². The van der Waals surface area contributed by atoms with Crippen molar-refractivity contribution < 1.29 is 9.53 Å². The summed E-state index contributed by atoms with van der Waals surface area (Å²) in [5.41, 5.74) is 6.77. The summed E-state index contributed by atoms with van der Waals surface area (Å²) in [6.45, 7) is 0. The number of methoxy groups -OCH3 is 1. The number of benzene rings is 1. The molecule has 1 aromatic carbocycles. The number of amides is 1. The zero-order chi connectivity index (χ0) is 14.5. The first-order chi connectivity index (χ1) is 9.58. The van der Waals surface area contributed by atoms with Crippen LogP contribution in [-0.2, 0) is 11.2 Å². The first-order valence-corrected chi connectivity index (χ1v) is 7.75. The Bertz CT molecular complexity index is 471. The Kier molecular flexibility index (Phi) is 5.43. The molecule has 4 nitrogen and oxygen atoms in total. The number of halogens is 1. The first-order valence-electron chi connectivity index (χ1n) is 6.96. The highest BCUT2D eigenvalue weighted by molar-refractivity contribution is 9.10. The van der Waals surface area contributed by atoms with Crippen molar-refractivity contribution in [1.82, 2.24) is 5.32 Å². The molecule has 0 heterocycles. The third kappa shape index (κ3) is 4.21. The third-order valence-corrected chi connectivity index (χ3v) is 4.22. The zero-order valence-electron chi connectivity index (χ0n) is 11.7. The van der Waals surface area contributed by atoms with Crippen molar-refractivity contribution in [2.24, 2.45) is 5.73 Å². The Morgan fingerprint density at radius 2 is 2.10 bits per heavy atom. The highest BCUT2D eigenvalue weighted by atomic mass is 79.9. The summed E-state index contributed by atoms with van der Waals surface area (Å²) < 4.78 is 6.24. The molecule has 0 unspecified atom stereocenters. The summed E-state index contributed by atoms with van der Waals surface area (Å²) in [6, 6.07) is 6.26. The zero-order valence-corrected chi connectivity index (χ0v) is 13.3. The summed E-state index contributed by atoms with van der Waals surface area (Å²) in [4.78, 5) is 12.1. The van der Waals surface area contributed by atoms with Crippen LogP contribution < -0.4 is 15.8 Å². The topological polar surface area (TPSA) is 64.3 Å². The van der Waals surface area contributed by atoms with E-state index >= 15 is 0 Å². The van der Waals surface area contributed by atoms with E-state index in [2.05, 4.69) is 21.2 Å². The molecule has 5 heteroatoms. The minimum atomic E-state index is 0.0434. The molecule has 110 valence electrons. The number of hydrogen-bond donors (Lipinski definition) is 2. The van der Waals surface area contributed by atoms with E-state index in [9.17, 15) is 4.79 Å². The van der Waals surface area contributed by atoms with E-state index in [4.69, 9.17) is 10.5 Å². The summed E-state index contributed by atoms with van der Waals surface area (Å²) in [5.74, 6) is 0.788. The van der Waals surface area contributed by atoms with Crippen LogP contribution in [0, 0.1) is 0 Å². The average Bonchev–Trinajstić information content (AvgIpc) is 2.41. The standard InChI is InChI=1S/C15H21BrN2O2/c1-20-14-7-2-11(16)8-10(14)9-15(19)18-13-5-3-12(17)4-6-13/h2,7-8,12-13H,3-6,9,17H2,1H3,(H,18,19). The minimum Gasteiger partial charge on any atom is -0.496 e. The van der Waals surface area contributed by atoms with Crippen LogP contribution in [0.15, 0.2) is 22.7 Å². The van der Waals surface area contributed by atoms with E-state index in [1.807, 2.05) is 18.2 Å². The van der Waals surface area contributed by atoms with Gasteiger partial charge in [-0.05, 0) is 43.9 Å². The second-order valence-electron chi connectivity index (χ2n) is 5.31. The van der Waals surface area contributed by atoms with Gasteiger partial charge in [0.25, 0.3) is 0 Å². The predicted octanol–water partition coefficient (Wildman–Crippen LogP) is 2.39. The van der Waals surface area contributed by atoms with E-state index in [1.165, 1.54) is 0 Å². The molecule has 0 saturated heterocycles. The van der Waals surface area contributed by atoms with Crippen molar-refractivity contribution in [2.45, 2.75) is 44.2 Å². The van der Waals surface area contributed by atoms with Crippen LogP contribution in [0.3, 0.4) is 0 Å². The van der Waals surface area contributed by atoms with E-state index in [-0.39, 0.29) is 11.9 Å². The summed E-state index contributed by atoms with van der Waals surface area (Å²) in [6.07, 6.45) is 4.27. The third-order valence-electron chi connectivity index (χ3n) is 3.73. The predicted molar refractivity (Wildman–Crippen MR) is 82.8 cm³/mol. The first kappa shape index (κ1) is 15.3. The smallest absolute Gasteiger partial charge is 0.224 e. The molecule has 0 aromatic heterocycles. The molecule has 0 spiro atoms. The molecule has 20 heavy (non-hydrogen) atoms. The van der Waals surface area contributed by atoms with Crippen molar-refractivity contribution in [3.05, 3.63) is 28.2 Å². The van der Waals surface area contributed by atoms with Gasteiger partial charge in [0.15, 0.2) is 0 Å². The Labute approximate surface area is 128 Å². The molecule has 2 rings (SSSR count). The van der Waals surface area contributed by atoms with Gasteiger partial charge in [-0.25, -0.2) is 0 Å². The highest BCUT2D eigenvalue weighted by Crippen LogP contribution is 2.24. The van der Waals surface area contributed by atoms with Crippen molar-refractivity contribution in [1.29, 1.82) is 0 Å². The van der Waals surface area contributed by atoms with Crippen LogP contribution in [0.2, 0.25) is 0 Å². The Balaban J connectivity index is 1.92. The summed E-state index contributed by atoms with van der Waals surface area (Å²) in [7, 11) is 1.62. The molecule has 0 bridgehead atoms. The molecule has 3 N–H and O–H groups in total. The Hall–Kier alpha value is -1.07. The Morgan fingerprint density at radius 3 is 2.75 bits per heavy atom. The maximum absolute atomic E-state index is 12.1. The number of nitrogens with two attached hydrogens (primary N) is 1. The maximum Gasteiger partial charge on any atom is 0.224 e. The minimum absolute atomic E-state index is 0.0434. The fourth-order valence-corrected chi connectivity index (χ4v) is 3.01. The van der Waals surface area contributed by atoms with Crippen LogP contribution in [0.25, 0.3) is 0 Å². The number of rotatable bonds is 4. The molecular formula is C15H21BrN2O2. The van der Waals surface area contributed by atoms with Gasteiger partial charge in [-0.2, -0.15) is 0 Å². The fourth-order valence-electron chi connectivity index (χ4n) is 2.60. The summed E-state index contributed by atoms with van der Waals surface area (Å²) >= 11 is 3.42. The van der Waals surface area contributed by atoms with Gasteiger partial charge in [-0.3, -0.25) is 4.79 Å². The van der Waals surface area contributed by atoms with Crippen molar-refractivity contribution in [2.75, 3.05) is 7.11 Å².